The molecule has 1 aromatic carbocycles. The molecule has 1 atom stereocenters. The zero-order valence-electron chi connectivity index (χ0n) is 19.7. The van der Waals surface area contributed by atoms with Crippen LogP contribution in [0.2, 0.25) is 5.15 Å². The van der Waals surface area contributed by atoms with Crippen molar-refractivity contribution in [1.82, 2.24) is 9.55 Å². The van der Waals surface area contributed by atoms with E-state index in [1.54, 1.807) is 0 Å². The Balaban J connectivity index is 1.84. The van der Waals surface area contributed by atoms with E-state index in [4.69, 9.17) is 16.3 Å². The van der Waals surface area contributed by atoms with Gasteiger partial charge in [-0.2, -0.15) is 0 Å². The SMILES string of the molecule is CCCCc1nc(Cl)c(C=O)n1Cc1ccc(C(C(=O)OC(C)(C)C)C2CCCC2)cc1. The van der Waals surface area contributed by atoms with Crippen LogP contribution in [0.5, 0.6) is 0 Å². The van der Waals surface area contributed by atoms with Crippen LogP contribution in [0.4, 0.5) is 0 Å². The third kappa shape index (κ3) is 6.00. The molecular formula is C26H35ClN2O3. The van der Waals surface area contributed by atoms with Crippen molar-refractivity contribution in [3.63, 3.8) is 0 Å². The van der Waals surface area contributed by atoms with E-state index in [1.807, 2.05) is 49.6 Å². The van der Waals surface area contributed by atoms with E-state index < -0.39 is 5.60 Å². The lowest BCUT2D eigenvalue weighted by molar-refractivity contribution is -0.158. The molecular weight excluding hydrogens is 424 g/mol. The minimum atomic E-state index is -0.505. The number of esters is 1. The maximum Gasteiger partial charge on any atom is 0.314 e. The number of carbonyl (C=O) groups excluding carboxylic acids is 2. The largest absolute Gasteiger partial charge is 0.459 e. The molecule has 5 nitrogen and oxygen atoms in total. The van der Waals surface area contributed by atoms with Crippen molar-refractivity contribution in [2.45, 2.75) is 90.7 Å². The first kappa shape index (κ1) is 24.5. The Hall–Kier alpha value is -2.14. The second-order valence-corrected chi connectivity index (χ2v) is 10.2. The molecule has 1 aromatic heterocycles. The molecule has 1 aliphatic rings. The molecule has 0 amide bonds. The average Bonchev–Trinajstić information content (AvgIpc) is 3.34. The number of halogens is 1. The molecule has 0 bridgehead atoms. The van der Waals surface area contributed by atoms with Crippen LogP contribution < -0.4 is 0 Å². The van der Waals surface area contributed by atoms with Gasteiger partial charge in [-0.1, -0.05) is 62.1 Å². The maximum absolute atomic E-state index is 13.1. The number of nitrogens with zero attached hydrogens (tertiary/aromatic N) is 2. The van der Waals surface area contributed by atoms with E-state index in [0.29, 0.717) is 18.2 Å². The average molecular weight is 459 g/mol. The van der Waals surface area contributed by atoms with Crippen molar-refractivity contribution in [3.05, 3.63) is 52.1 Å². The Morgan fingerprint density at radius 3 is 2.47 bits per heavy atom. The quantitative estimate of drug-likeness (QED) is 0.324. The van der Waals surface area contributed by atoms with Crippen molar-refractivity contribution in [2.75, 3.05) is 0 Å². The number of ether oxygens (including phenoxy) is 1. The van der Waals surface area contributed by atoms with Gasteiger partial charge in [0.2, 0.25) is 0 Å². The van der Waals surface area contributed by atoms with Gasteiger partial charge in [-0.3, -0.25) is 9.59 Å². The van der Waals surface area contributed by atoms with E-state index >= 15 is 0 Å². The molecule has 1 aliphatic carbocycles. The van der Waals surface area contributed by atoms with Gasteiger partial charge >= 0.3 is 5.97 Å². The van der Waals surface area contributed by atoms with Crippen LogP contribution in [0, 0.1) is 5.92 Å². The first-order valence-corrected chi connectivity index (χ1v) is 12.1. The monoisotopic (exact) mass is 458 g/mol. The summed E-state index contributed by atoms with van der Waals surface area (Å²) in [4.78, 5) is 29.1. The van der Waals surface area contributed by atoms with Crippen LogP contribution in [0.1, 0.15) is 99.6 Å². The van der Waals surface area contributed by atoms with Crippen LogP contribution in [0.25, 0.3) is 0 Å². The predicted octanol–water partition coefficient (Wildman–Crippen LogP) is 6.36. The standard InChI is InChI=1S/C26H35ClN2O3/c1-5-6-11-22-28-24(27)21(17-30)29(22)16-18-12-14-20(15-13-18)23(19-9-7-8-10-19)25(31)32-26(2,3)4/h12-15,17,19,23H,5-11,16H2,1-4H3. The van der Waals surface area contributed by atoms with Gasteiger partial charge in [-0.15, -0.1) is 0 Å². The number of hydrogen-bond acceptors (Lipinski definition) is 4. The Bertz CT molecular complexity index is 922. The second kappa shape index (κ2) is 10.7. The van der Waals surface area contributed by atoms with E-state index in [1.165, 1.54) is 12.8 Å². The second-order valence-electron chi connectivity index (χ2n) is 9.81. The molecule has 1 saturated carbocycles. The third-order valence-corrected chi connectivity index (χ3v) is 6.40. The molecule has 1 unspecified atom stereocenters. The Morgan fingerprint density at radius 2 is 1.91 bits per heavy atom. The molecule has 0 spiro atoms. The van der Waals surface area contributed by atoms with E-state index in [0.717, 1.165) is 55.3 Å². The first-order chi connectivity index (χ1) is 15.2. The predicted molar refractivity (Wildman–Crippen MR) is 127 cm³/mol. The number of benzene rings is 1. The van der Waals surface area contributed by atoms with Crippen molar-refractivity contribution >= 4 is 23.9 Å². The van der Waals surface area contributed by atoms with Gasteiger partial charge < -0.3 is 9.30 Å². The van der Waals surface area contributed by atoms with Crippen molar-refractivity contribution < 1.29 is 14.3 Å². The molecule has 0 aliphatic heterocycles. The zero-order valence-corrected chi connectivity index (χ0v) is 20.5. The number of aryl methyl sites for hydroxylation is 1. The topological polar surface area (TPSA) is 61.2 Å². The summed E-state index contributed by atoms with van der Waals surface area (Å²) >= 11 is 6.21. The van der Waals surface area contributed by atoms with Gasteiger partial charge in [-0.05, 0) is 57.1 Å². The van der Waals surface area contributed by atoms with Gasteiger partial charge in [0.15, 0.2) is 11.4 Å². The highest BCUT2D eigenvalue weighted by atomic mass is 35.5. The number of aromatic nitrogens is 2. The number of aldehydes is 1. The van der Waals surface area contributed by atoms with Crippen LogP contribution in [-0.2, 0) is 22.5 Å². The summed E-state index contributed by atoms with van der Waals surface area (Å²) in [6, 6.07) is 8.14. The lowest BCUT2D eigenvalue weighted by Crippen LogP contribution is -2.30. The molecule has 32 heavy (non-hydrogen) atoms. The van der Waals surface area contributed by atoms with Gasteiger partial charge in [0, 0.05) is 13.0 Å². The fraction of sp³-hybridized carbons (Fsp3) is 0.577. The Kier molecular flexibility index (Phi) is 8.16. The maximum atomic E-state index is 13.1. The summed E-state index contributed by atoms with van der Waals surface area (Å²) in [5, 5.41) is 0.258. The van der Waals surface area contributed by atoms with Crippen LogP contribution in [-0.4, -0.2) is 27.4 Å². The summed E-state index contributed by atoms with van der Waals surface area (Å²) in [5.41, 5.74) is 1.95. The molecule has 1 fully saturated rings. The highest BCUT2D eigenvalue weighted by Gasteiger charge is 2.35. The lowest BCUT2D eigenvalue weighted by atomic mass is 9.84. The highest BCUT2D eigenvalue weighted by molar-refractivity contribution is 6.31. The number of unbranched alkanes of at least 4 members (excludes halogenated alkanes) is 1. The molecule has 3 rings (SSSR count). The molecule has 174 valence electrons. The van der Waals surface area contributed by atoms with E-state index in [2.05, 4.69) is 11.9 Å². The van der Waals surface area contributed by atoms with E-state index in [-0.39, 0.29) is 17.0 Å². The van der Waals surface area contributed by atoms with Crippen LogP contribution >= 0.6 is 11.6 Å². The third-order valence-electron chi connectivity index (χ3n) is 6.12. The van der Waals surface area contributed by atoms with Crippen LogP contribution in [0.3, 0.4) is 0 Å². The zero-order chi connectivity index (χ0) is 23.3. The molecule has 0 saturated heterocycles. The normalized spacial score (nSPS) is 15.7. The van der Waals surface area contributed by atoms with Crippen molar-refractivity contribution in [1.29, 1.82) is 0 Å². The minimum absolute atomic E-state index is 0.136. The summed E-state index contributed by atoms with van der Waals surface area (Å²) < 4.78 is 7.68. The molecule has 1 heterocycles. The van der Waals surface area contributed by atoms with Gasteiger partial charge in [-0.25, -0.2) is 4.98 Å². The number of carbonyl (C=O) groups is 2. The molecule has 0 N–H and O–H groups in total. The fourth-order valence-corrected chi connectivity index (χ4v) is 4.81. The van der Waals surface area contributed by atoms with Crippen molar-refractivity contribution in [2.24, 2.45) is 5.92 Å². The highest BCUT2D eigenvalue weighted by Crippen LogP contribution is 2.39. The fourth-order valence-electron chi connectivity index (χ4n) is 4.57. The molecule has 0 radical (unpaired) electrons. The molecule has 2 aromatic rings. The number of rotatable bonds is 9. The van der Waals surface area contributed by atoms with Crippen LogP contribution in [0.15, 0.2) is 24.3 Å². The Labute approximate surface area is 196 Å². The smallest absolute Gasteiger partial charge is 0.314 e. The number of imidazole rings is 1. The van der Waals surface area contributed by atoms with E-state index in [9.17, 15) is 9.59 Å². The summed E-state index contributed by atoms with van der Waals surface area (Å²) in [6.07, 6.45) is 8.04. The first-order valence-electron chi connectivity index (χ1n) is 11.7. The summed E-state index contributed by atoms with van der Waals surface area (Å²) in [6.45, 7) is 8.39. The Morgan fingerprint density at radius 1 is 1.25 bits per heavy atom. The van der Waals surface area contributed by atoms with Crippen molar-refractivity contribution in [3.8, 4) is 0 Å². The minimum Gasteiger partial charge on any atom is -0.459 e. The van der Waals surface area contributed by atoms with Gasteiger partial charge in [0.25, 0.3) is 0 Å². The van der Waals surface area contributed by atoms with Gasteiger partial charge in [0.1, 0.15) is 17.1 Å². The summed E-state index contributed by atoms with van der Waals surface area (Å²) in [7, 11) is 0. The molecule has 6 heteroatoms. The lowest BCUT2D eigenvalue weighted by Gasteiger charge is -2.27. The number of hydrogen-bond donors (Lipinski definition) is 0. The van der Waals surface area contributed by atoms with Gasteiger partial charge in [0.05, 0.1) is 5.92 Å². The summed E-state index contributed by atoms with van der Waals surface area (Å²) in [5.74, 6) is 0.786.